The van der Waals surface area contributed by atoms with Gasteiger partial charge in [-0.3, -0.25) is 24.3 Å². The normalized spacial score (nSPS) is 12.0. The van der Waals surface area contributed by atoms with E-state index in [0.29, 0.717) is 49.5 Å². The number of thiophene rings is 1. The number of nitrogens with zero attached hydrogens (tertiary/aromatic N) is 4. The SMILES string of the molecule is CCC(C(=O)Nc1nnc(COC)s1)n1cnc2sc(C(=O)Nc3ccc(C)cc3C)c(C)c2c1=O. The number of fused-ring (bicyclic) bond motifs is 1. The molecule has 36 heavy (non-hydrogen) atoms. The molecule has 0 bridgehead atoms. The van der Waals surface area contributed by atoms with Gasteiger partial charge in [-0.25, -0.2) is 4.98 Å². The van der Waals surface area contributed by atoms with Crippen LogP contribution in [0.15, 0.2) is 29.3 Å². The third-order valence-corrected chi connectivity index (χ3v) is 7.71. The molecule has 0 aliphatic heterocycles. The van der Waals surface area contributed by atoms with Crippen LogP contribution in [0.1, 0.15) is 50.8 Å². The molecule has 0 saturated heterocycles. The second kappa shape index (κ2) is 10.6. The number of aryl methyl sites for hydroxylation is 3. The van der Waals surface area contributed by atoms with Crippen LogP contribution in [0.2, 0.25) is 0 Å². The highest BCUT2D eigenvalue weighted by Crippen LogP contribution is 2.29. The van der Waals surface area contributed by atoms with Crippen LogP contribution in [0.4, 0.5) is 10.8 Å². The highest BCUT2D eigenvalue weighted by molar-refractivity contribution is 7.20. The second-order valence-corrected chi connectivity index (χ2v) is 10.4. The molecule has 4 rings (SSSR count). The highest BCUT2D eigenvalue weighted by atomic mass is 32.1. The maximum Gasteiger partial charge on any atom is 0.266 e. The molecule has 0 aliphatic rings. The number of ether oxygens (including phenoxy) is 1. The minimum absolute atomic E-state index is 0.293. The topological polar surface area (TPSA) is 128 Å². The predicted octanol–water partition coefficient (Wildman–Crippen LogP) is 4.22. The van der Waals surface area contributed by atoms with Crippen molar-refractivity contribution in [2.24, 2.45) is 0 Å². The molecule has 0 saturated carbocycles. The third-order valence-electron chi connectivity index (χ3n) is 5.70. The summed E-state index contributed by atoms with van der Waals surface area (Å²) in [7, 11) is 1.55. The van der Waals surface area contributed by atoms with Crippen molar-refractivity contribution in [3.8, 4) is 0 Å². The Morgan fingerprint density at radius 1 is 1.14 bits per heavy atom. The quantitative estimate of drug-likeness (QED) is 0.352. The zero-order valence-electron chi connectivity index (χ0n) is 20.5. The summed E-state index contributed by atoms with van der Waals surface area (Å²) in [6, 6.07) is 4.97. The van der Waals surface area contributed by atoms with Crippen molar-refractivity contribution in [2.75, 3.05) is 17.7 Å². The Bertz CT molecular complexity index is 1510. The first-order chi connectivity index (χ1) is 17.2. The average Bonchev–Trinajstić information content (AvgIpc) is 3.42. The van der Waals surface area contributed by atoms with Gasteiger partial charge in [0.05, 0.1) is 16.6 Å². The summed E-state index contributed by atoms with van der Waals surface area (Å²) in [4.78, 5) is 44.8. The maximum atomic E-state index is 13.5. The number of amides is 2. The Labute approximate surface area is 215 Å². The van der Waals surface area contributed by atoms with E-state index >= 15 is 0 Å². The molecule has 1 aromatic carbocycles. The zero-order chi connectivity index (χ0) is 26.0. The van der Waals surface area contributed by atoms with E-state index in [2.05, 4.69) is 25.8 Å². The lowest BCUT2D eigenvalue weighted by molar-refractivity contribution is -0.119. The molecule has 4 aromatic rings. The monoisotopic (exact) mass is 526 g/mol. The van der Waals surface area contributed by atoms with Crippen LogP contribution in [0, 0.1) is 20.8 Å². The lowest BCUT2D eigenvalue weighted by Gasteiger charge is -2.16. The van der Waals surface area contributed by atoms with Gasteiger partial charge in [0.1, 0.15) is 22.5 Å². The smallest absolute Gasteiger partial charge is 0.266 e. The van der Waals surface area contributed by atoms with Crippen molar-refractivity contribution in [1.82, 2.24) is 19.7 Å². The third kappa shape index (κ3) is 5.06. The summed E-state index contributed by atoms with van der Waals surface area (Å²) in [6.45, 7) is 7.74. The van der Waals surface area contributed by atoms with Crippen LogP contribution >= 0.6 is 22.7 Å². The molecular weight excluding hydrogens is 500 g/mol. The number of benzene rings is 1. The molecule has 0 fully saturated rings. The van der Waals surface area contributed by atoms with Crippen LogP contribution in [0.5, 0.6) is 0 Å². The molecule has 1 atom stereocenters. The molecule has 12 heteroatoms. The fraction of sp³-hybridized carbons (Fsp3) is 0.333. The Kier molecular flexibility index (Phi) is 7.57. The number of nitrogens with one attached hydrogen (secondary N) is 2. The Hall–Kier alpha value is -3.48. The van der Waals surface area contributed by atoms with Gasteiger partial charge in [0.15, 0.2) is 0 Å². The van der Waals surface area contributed by atoms with Gasteiger partial charge in [0.25, 0.3) is 11.5 Å². The van der Waals surface area contributed by atoms with Crippen molar-refractivity contribution in [3.63, 3.8) is 0 Å². The minimum atomic E-state index is -0.809. The van der Waals surface area contributed by atoms with Gasteiger partial charge < -0.3 is 10.1 Å². The van der Waals surface area contributed by atoms with Gasteiger partial charge in [-0.15, -0.1) is 21.5 Å². The molecule has 10 nitrogen and oxygen atoms in total. The molecule has 188 valence electrons. The van der Waals surface area contributed by atoms with E-state index < -0.39 is 11.9 Å². The summed E-state index contributed by atoms with van der Waals surface area (Å²) < 4.78 is 6.33. The van der Waals surface area contributed by atoms with E-state index in [1.54, 1.807) is 21.0 Å². The number of carbonyl (C=O) groups excluding carboxylic acids is 2. The van der Waals surface area contributed by atoms with Crippen LogP contribution in [-0.2, 0) is 16.1 Å². The zero-order valence-corrected chi connectivity index (χ0v) is 22.2. The van der Waals surface area contributed by atoms with E-state index in [1.807, 2.05) is 32.0 Å². The first-order valence-corrected chi connectivity index (χ1v) is 12.9. The van der Waals surface area contributed by atoms with Crippen molar-refractivity contribution < 1.29 is 14.3 Å². The summed E-state index contributed by atoms with van der Waals surface area (Å²) in [6.07, 6.45) is 1.71. The summed E-state index contributed by atoms with van der Waals surface area (Å²) in [5, 5.41) is 14.8. The molecule has 0 radical (unpaired) electrons. The van der Waals surface area contributed by atoms with Crippen LogP contribution in [0.25, 0.3) is 10.2 Å². The Balaban J connectivity index is 1.62. The fourth-order valence-corrected chi connectivity index (χ4v) is 5.64. The second-order valence-electron chi connectivity index (χ2n) is 8.31. The van der Waals surface area contributed by atoms with Gasteiger partial charge in [-0.1, -0.05) is 36.0 Å². The number of anilines is 2. The van der Waals surface area contributed by atoms with Gasteiger partial charge >= 0.3 is 0 Å². The van der Waals surface area contributed by atoms with Gasteiger partial charge in [0.2, 0.25) is 11.0 Å². The molecular formula is C24H26N6O4S2. The standard InChI is InChI=1S/C24H26N6O4S2/c1-6-16(20(31)27-24-29-28-17(35-24)10-34-5)30-11-25-22-18(23(30)33)14(4)19(36-22)21(32)26-15-8-7-12(2)9-13(15)3/h7-9,11,16H,6,10H2,1-5H3,(H,26,32)(H,27,29,31). The van der Waals surface area contributed by atoms with Crippen molar-refractivity contribution in [1.29, 1.82) is 0 Å². The summed E-state index contributed by atoms with van der Waals surface area (Å²) in [5.41, 5.74) is 2.92. The number of carbonyl (C=O) groups is 2. The molecule has 2 N–H and O–H groups in total. The van der Waals surface area contributed by atoms with Crippen molar-refractivity contribution in [2.45, 2.75) is 46.8 Å². The lowest BCUT2D eigenvalue weighted by atomic mass is 10.1. The van der Waals surface area contributed by atoms with E-state index in [4.69, 9.17) is 4.74 Å². The number of methoxy groups -OCH3 is 1. The molecule has 0 spiro atoms. The Morgan fingerprint density at radius 3 is 2.61 bits per heavy atom. The van der Waals surface area contributed by atoms with Crippen LogP contribution in [0.3, 0.4) is 0 Å². The van der Waals surface area contributed by atoms with Gasteiger partial charge in [-0.05, 0) is 44.4 Å². The number of hydrogen-bond acceptors (Lipinski definition) is 9. The van der Waals surface area contributed by atoms with Gasteiger partial charge in [-0.2, -0.15) is 0 Å². The molecule has 2 amide bonds. The van der Waals surface area contributed by atoms with Crippen molar-refractivity contribution >= 4 is 55.5 Å². The maximum absolute atomic E-state index is 13.5. The van der Waals surface area contributed by atoms with E-state index in [-0.39, 0.29) is 11.5 Å². The number of aromatic nitrogens is 4. The van der Waals surface area contributed by atoms with Crippen LogP contribution < -0.4 is 16.2 Å². The molecule has 3 heterocycles. The lowest BCUT2D eigenvalue weighted by Crippen LogP contribution is -2.33. The average molecular weight is 527 g/mol. The van der Waals surface area contributed by atoms with Crippen LogP contribution in [-0.4, -0.2) is 38.7 Å². The number of hydrogen-bond donors (Lipinski definition) is 2. The first-order valence-electron chi connectivity index (χ1n) is 11.2. The summed E-state index contributed by atoms with van der Waals surface area (Å²) >= 11 is 2.36. The minimum Gasteiger partial charge on any atom is -0.377 e. The molecule has 3 aromatic heterocycles. The summed E-state index contributed by atoms with van der Waals surface area (Å²) in [5.74, 6) is -0.706. The first kappa shape index (κ1) is 25.6. The van der Waals surface area contributed by atoms with Gasteiger partial charge in [0, 0.05) is 12.8 Å². The van der Waals surface area contributed by atoms with E-state index in [1.165, 1.54) is 22.2 Å². The Morgan fingerprint density at radius 2 is 1.92 bits per heavy atom. The number of rotatable bonds is 8. The van der Waals surface area contributed by atoms with E-state index in [0.717, 1.165) is 22.5 Å². The van der Waals surface area contributed by atoms with E-state index in [9.17, 15) is 14.4 Å². The van der Waals surface area contributed by atoms with Crippen molar-refractivity contribution in [3.05, 3.63) is 61.5 Å². The molecule has 0 aliphatic carbocycles. The molecule has 1 unspecified atom stereocenters. The predicted molar refractivity (Wildman–Crippen MR) is 141 cm³/mol. The highest BCUT2D eigenvalue weighted by Gasteiger charge is 2.25. The largest absolute Gasteiger partial charge is 0.377 e. The fourth-order valence-electron chi connectivity index (χ4n) is 3.89.